The van der Waals surface area contributed by atoms with Gasteiger partial charge in [-0.15, -0.1) is 0 Å². The summed E-state index contributed by atoms with van der Waals surface area (Å²) in [5.41, 5.74) is -7.92. The molecule has 2 aliphatic heterocycles. The minimum absolute atomic E-state index is 0.0614. The summed E-state index contributed by atoms with van der Waals surface area (Å²) in [6.07, 6.45) is -11.5. The Hall–Kier alpha value is -5.03. The number of rotatable bonds is 10. The smallest absolute Gasteiger partial charge is 0.454 e. The summed E-state index contributed by atoms with van der Waals surface area (Å²) in [7, 11) is 0. The van der Waals surface area contributed by atoms with E-state index in [-0.39, 0.29) is 42.1 Å². The normalized spacial score (nSPS) is 34.2. The summed E-state index contributed by atoms with van der Waals surface area (Å²) in [5, 5.41) is 14.2. The molecule has 5 aliphatic rings. The Balaban J connectivity index is 1.61. The number of fused-ring (bicyclic) bond motifs is 4. The van der Waals surface area contributed by atoms with Gasteiger partial charge < -0.3 is 48.3 Å². The molecule has 3 aliphatic carbocycles. The first-order valence-electron chi connectivity index (χ1n) is 21.0. The van der Waals surface area contributed by atoms with E-state index < -0.39 is 124 Å². The molecule has 0 radical (unpaired) electrons. The summed E-state index contributed by atoms with van der Waals surface area (Å²) >= 11 is 0. The number of alkyl carbamates (subject to hydrolysis) is 1. The topological polar surface area (TPSA) is 226 Å². The zero-order chi connectivity index (χ0) is 46.1. The lowest BCUT2D eigenvalue weighted by molar-refractivity contribution is -0.340. The maximum Gasteiger partial charge on any atom is 0.509 e. The third kappa shape index (κ3) is 7.62. The van der Waals surface area contributed by atoms with Crippen molar-refractivity contribution in [3.63, 3.8) is 0 Å². The van der Waals surface area contributed by atoms with Gasteiger partial charge in [-0.3, -0.25) is 14.4 Å². The Bertz CT molecular complexity index is 2040. The number of aliphatic hydroxyl groups excluding tert-OH is 1. The molecule has 1 aromatic carbocycles. The molecule has 2 heterocycles. The van der Waals surface area contributed by atoms with E-state index in [4.69, 9.17) is 37.9 Å². The number of carbonyl (C=O) groups excluding carboxylic acids is 7. The van der Waals surface area contributed by atoms with Gasteiger partial charge >= 0.3 is 36.1 Å². The van der Waals surface area contributed by atoms with Crippen molar-refractivity contribution in [3.05, 3.63) is 47.0 Å². The second-order valence-corrected chi connectivity index (χ2v) is 19.4. The fourth-order valence-corrected chi connectivity index (χ4v) is 10.7. The third-order valence-corrected chi connectivity index (χ3v) is 13.4. The highest BCUT2D eigenvalue weighted by Crippen LogP contribution is 2.67. The van der Waals surface area contributed by atoms with Crippen molar-refractivity contribution in [2.75, 3.05) is 6.61 Å². The van der Waals surface area contributed by atoms with Crippen LogP contribution in [0.1, 0.15) is 106 Å². The summed E-state index contributed by atoms with van der Waals surface area (Å²) in [6, 6.07) is 6.71. The fraction of sp³-hybridized carbons (Fsp3) is 0.667. The number of hydrogen-bond donors (Lipinski definition) is 2. The number of nitrogens with one attached hydrogen (secondary N) is 1. The first kappa shape index (κ1) is 46.5. The van der Waals surface area contributed by atoms with Gasteiger partial charge in [0.25, 0.3) is 0 Å². The number of benzene rings is 1. The van der Waals surface area contributed by atoms with Crippen LogP contribution < -0.4 is 5.32 Å². The van der Waals surface area contributed by atoms with Crippen molar-refractivity contribution in [3.8, 4) is 0 Å². The lowest BCUT2D eigenvalue weighted by Crippen LogP contribution is -2.82. The number of ether oxygens (including phenoxy) is 8. The fourth-order valence-electron chi connectivity index (χ4n) is 10.7. The summed E-state index contributed by atoms with van der Waals surface area (Å²) in [4.78, 5) is 97.8. The average molecular weight is 870 g/mol. The van der Waals surface area contributed by atoms with E-state index in [1.807, 2.05) is 13.8 Å². The molecule has 340 valence electrons. The molecule has 62 heavy (non-hydrogen) atoms. The number of esters is 4. The molecule has 2 saturated heterocycles. The molecule has 2 saturated carbocycles. The highest BCUT2D eigenvalue weighted by Gasteiger charge is 2.83. The highest BCUT2D eigenvalue weighted by molar-refractivity contribution is 5.95. The molecule has 2 unspecified atom stereocenters. The van der Waals surface area contributed by atoms with E-state index in [1.54, 1.807) is 66.7 Å². The maximum absolute atomic E-state index is 15.8. The van der Waals surface area contributed by atoms with E-state index in [2.05, 4.69) is 5.32 Å². The van der Waals surface area contributed by atoms with Crippen molar-refractivity contribution in [2.45, 2.75) is 155 Å². The highest BCUT2D eigenvalue weighted by atomic mass is 16.8. The first-order valence-corrected chi connectivity index (χ1v) is 21.0. The molecule has 17 heteroatoms. The van der Waals surface area contributed by atoms with Crippen molar-refractivity contribution < 1.29 is 76.6 Å². The Morgan fingerprint density at radius 2 is 1.61 bits per heavy atom. The summed E-state index contributed by atoms with van der Waals surface area (Å²) < 4.78 is 48.8. The Morgan fingerprint density at radius 3 is 2.16 bits per heavy atom. The van der Waals surface area contributed by atoms with Crippen LogP contribution in [-0.4, -0.2) is 113 Å². The average Bonchev–Trinajstić information content (AvgIpc) is 3.52. The Morgan fingerprint density at radius 1 is 0.968 bits per heavy atom. The van der Waals surface area contributed by atoms with Crippen LogP contribution in [0.3, 0.4) is 0 Å². The second-order valence-electron chi connectivity index (χ2n) is 19.4. The van der Waals surface area contributed by atoms with Gasteiger partial charge in [-0.25, -0.2) is 19.2 Å². The van der Waals surface area contributed by atoms with E-state index in [1.165, 1.54) is 26.0 Å². The van der Waals surface area contributed by atoms with Crippen molar-refractivity contribution in [1.82, 2.24) is 5.32 Å². The van der Waals surface area contributed by atoms with Crippen LogP contribution in [0.4, 0.5) is 9.59 Å². The van der Waals surface area contributed by atoms with Gasteiger partial charge in [-0.1, -0.05) is 59.7 Å². The van der Waals surface area contributed by atoms with Crippen LogP contribution in [0.15, 0.2) is 41.5 Å². The van der Waals surface area contributed by atoms with Crippen molar-refractivity contribution in [2.24, 2.45) is 28.6 Å². The molecule has 12 atom stereocenters. The van der Waals surface area contributed by atoms with Crippen LogP contribution in [0.2, 0.25) is 0 Å². The largest absolute Gasteiger partial charge is 0.509 e. The molecular weight excluding hydrogens is 810 g/mol. The number of aliphatic hydroxyl groups is 1. The van der Waals surface area contributed by atoms with Crippen molar-refractivity contribution >= 4 is 41.9 Å². The third-order valence-electron chi connectivity index (χ3n) is 13.4. The molecule has 2 bridgehead atoms. The number of hydrogen-bond acceptors (Lipinski definition) is 16. The summed E-state index contributed by atoms with van der Waals surface area (Å²) in [5.74, 6) is -6.55. The molecular formula is C45H59NO16. The number of carbonyl (C=O) groups is 7. The van der Waals surface area contributed by atoms with Crippen LogP contribution in [-0.2, 0) is 57.1 Å². The predicted octanol–water partition coefficient (Wildman–Crippen LogP) is 4.93. The van der Waals surface area contributed by atoms with Gasteiger partial charge in [0, 0.05) is 24.7 Å². The molecule has 6 rings (SSSR count). The molecule has 4 fully saturated rings. The molecule has 17 nitrogen and oxygen atoms in total. The predicted molar refractivity (Wildman–Crippen MR) is 215 cm³/mol. The molecule has 1 amide bonds. The SMILES string of the molecule is CC(=O)OC1C(=O)[C@]2(C)[C@@H](C)CC3OC[C@@]3(OC(C)=O)[C@H]2[C@H](OC(=O)c2ccccc2)[C@]23OC(=O)O[C@H]2[C@H](OC(=O)[C@H](O)[C@H](CC(C)C)NC(=O)OC(C)(C)C)C(C)=C1C3(C)C. The van der Waals surface area contributed by atoms with Gasteiger partial charge in [0.15, 0.2) is 41.9 Å². The zero-order valence-corrected chi connectivity index (χ0v) is 37.4. The van der Waals surface area contributed by atoms with Gasteiger partial charge in [0.05, 0.1) is 24.1 Å². The Labute approximate surface area is 360 Å². The van der Waals surface area contributed by atoms with Crippen LogP contribution in [0, 0.1) is 28.6 Å². The minimum Gasteiger partial charge on any atom is -0.454 e. The standard InChI is InChI=1S/C45H59NO16/c1-21(2)18-27(46-39(53)61-41(7,8)9)30(49)38(52)57-31-23(4)29-32(56-24(5)47)34(50)43(12)22(3)19-28-44(20-55-28,60-25(6)48)33(43)36(58-37(51)26-16-14-13-15-17-26)45(42(29,10)11)35(31)59-40(54)62-45/h13-17,21-22,27-28,30-33,35-36,49H,18-20H2,1-12H3,(H,46,53)/t22-,27-,28?,30+,31+,32?,33-,35-,36-,43+,44-,45+/m0/s1. The van der Waals surface area contributed by atoms with Gasteiger partial charge in [0.2, 0.25) is 5.60 Å². The Kier molecular flexibility index (Phi) is 12.2. The number of Topliss-reactive ketones (excluding diaryl/α,β-unsaturated/α-hetero) is 1. The van der Waals surface area contributed by atoms with Gasteiger partial charge in [-0.2, -0.15) is 0 Å². The molecule has 0 aromatic heterocycles. The molecule has 1 aromatic rings. The quantitative estimate of drug-likeness (QED) is 0.181. The first-order chi connectivity index (χ1) is 28.7. The minimum atomic E-state index is -2.25. The van der Waals surface area contributed by atoms with E-state index in [9.17, 15) is 33.9 Å². The van der Waals surface area contributed by atoms with Crippen LogP contribution >= 0.6 is 0 Å². The summed E-state index contributed by atoms with van der Waals surface area (Å²) in [6.45, 7) is 18.8. The van der Waals surface area contributed by atoms with Crippen molar-refractivity contribution in [1.29, 1.82) is 0 Å². The van der Waals surface area contributed by atoms with Crippen LogP contribution in [0.5, 0.6) is 0 Å². The lowest BCUT2D eigenvalue weighted by atomic mass is 9.43. The molecule has 1 spiro atoms. The lowest BCUT2D eigenvalue weighted by Gasteiger charge is -2.67. The second kappa shape index (κ2) is 16.3. The zero-order valence-electron chi connectivity index (χ0n) is 37.4. The van der Waals surface area contributed by atoms with Gasteiger partial charge in [-0.05, 0) is 75.7 Å². The van der Waals surface area contributed by atoms with E-state index >= 15 is 4.79 Å². The molecule has 2 N–H and O–H groups in total. The van der Waals surface area contributed by atoms with Crippen LogP contribution in [0.25, 0.3) is 0 Å². The maximum atomic E-state index is 15.8. The van der Waals surface area contributed by atoms with Gasteiger partial charge in [0.1, 0.15) is 11.7 Å². The number of amides is 1. The number of ketones is 1. The monoisotopic (exact) mass is 869 g/mol. The van der Waals surface area contributed by atoms with E-state index in [0.717, 1.165) is 6.92 Å². The van der Waals surface area contributed by atoms with E-state index in [0.29, 0.717) is 0 Å².